The molecule has 0 spiro atoms. The van der Waals surface area contributed by atoms with Gasteiger partial charge in [0, 0.05) is 31.7 Å². The third-order valence-electron chi connectivity index (χ3n) is 7.76. The van der Waals surface area contributed by atoms with Crippen LogP contribution in [-0.4, -0.2) is 81.4 Å². The molecule has 5 rings (SSSR count). The molecule has 2 heterocycles. The monoisotopic (exact) mass is 590 g/mol. The van der Waals surface area contributed by atoms with E-state index in [4.69, 9.17) is 21.1 Å². The summed E-state index contributed by atoms with van der Waals surface area (Å²) < 4.78 is 79.1. The number of hydrogen-bond acceptors (Lipinski definition) is 8. The fraction of sp³-hybridized carbons (Fsp3) is 0.625. The Kier molecular flexibility index (Phi) is 6.92. The van der Waals surface area contributed by atoms with Crippen LogP contribution in [0.25, 0.3) is 0 Å². The zero-order chi connectivity index (χ0) is 28.2. The number of amides is 2. The molecule has 2 amide bonds. The molecule has 15 heteroatoms. The van der Waals surface area contributed by atoms with E-state index in [1.165, 1.54) is 12.1 Å². The number of carbonyl (C=O) groups excluding carboxylic acids is 2. The van der Waals surface area contributed by atoms with Gasteiger partial charge < -0.3 is 24.6 Å². The third-order valence-corrected chi connectivity index (χ3v) is 10.4. The van der Waals surface area contributed by atoms with Gasteiger partial charge in [0.05, 0.1) is 34.5 Å². The van der Waals surface area contributed by atoms with Crippen LogP contribution in [0, 0.1) is 16.7 Å². The fourth-order valence-electron chi connectivity index (χ4n) is 4.99. The molecule has 4 fully saturated rings. The number of nitrogens with zero attached hydrogens (tertiary/aromatic N) is 3. The van der Waals surface area contributed by atoms with Crippen molar-refractivity contribution in [1.29, 1.82) is 5.26 Å². The van der Waals surface area contributed by atoms with Gasteiger partial charge in [-0.3, -0.25) is 4.79 Å². The number of nitrogens with one attached hydrogen (secondary N) is 1. The third kappa shape index (κ3) is 5.12. The second kappa shape index (κ2) is 9.71. The van der Waals surface area contributed by atoms with E-state index >= 15 is 0 Å². The molecule has 0 radical (unpaired) electrons. The van der Waals surface area contributed by atoms with Crippen molar-refractivity contribution in [2.24, 2.45) is 5.41 Å². The summed E-state index contributed by atoms with van der Waals surface area (Å²) >= 11 is 6.38. The Hall–Kier alpha value is -2.76. The van der Waals surface area contributed by atoms with E-state index in [-0.39, 0.29) is 9.92 Å². The van der Waals surface area contributed by atoms with Crippen LogP contribution in [0.3, 0.4) is 0 Å². The van der Waals surface area contributed by atoms with Crippen LogP contribution in [0.2, 0.25) is 5.02 Å². The lowest BCUT2D eigenvalue weighted by Crippen LogP contribution is -2.49. The van der Waals surface area contributed by atoms with E-state index in [1.54, 1.807) is 6.07 Å². The van der Waals surface area contributed by atoms with Gasteiger partial charge in [0.2, 0.25) is 5.91 Å². The molecule has 1 N–H and O–H groups in total. The summed E-state index contributed by atoms with van der Waals surface area (Å²) in [6.45, 7) is 1.59. The summed E-state index contributed by atoms with van der Waals surface area (Å²) in [5, 5.41) is 10.1. The van der Waals surface area contributed by atoms with E-state index in [2.05, 4.69) is 5.32 Å². The second-order valence-electron chi connectivity index (χ2n) is 10.3. The average molecular weight is 591 g/mol. The van der Waals surface area contributed by atoms with Crippen molar-refractivity contribution in [3.8, 4) is 6.07 Å². The van der Waals surface area contributed by atoms with Crippen molar-refractivity contribution < 1.29 is 40.7 Å². The van der Waals surface area contributed by atoms with E-state index in [0.29, 0.717) is 49.7 Å². The number of likely N-dealkylation sites (tertiary alicyclic amines) is 1. The second-order valence-corrected chi connectivity index (χ2v) is 12.9. The highest BCUT2D eigenvalue weighted by atomic mass is 35.5. The van der Waals surface area contributed by atoms with Crippen LogP contribution in [0.1, 0.15) is 32.1 Å². The van der Waals surface area contributed by atoms with Gasteiger partial charge in [-0.1, -0.05) is 11.6 Å². The number of alkyl carbamates (subject to hydrolysis) is 1. The Morgan fingerprint density at radius 2 is 1.85 bits per heavy atom. The Bertz CT molecular complexity index is 1320. The summed E-state index contributed by atoms with van der Waals surface area (Å²) in [5.41, 5.74) is -3.07. The first-order valence-corrected chi connectivity index (χ1v) is 14.4. The molecule has 2 saturated carbocycles. The van der Waals surface area contributed by atoms with Gasteiger partial charge in [0.15, 0.2) is 16.1 Å². The molecule has 212 valence electrons. The highest BCUT2D eigenvalue weighted by Crippen LogP contribution is 2.59. The number of halogens is 4. The number of rotatable bonds is 6. The minimum Gasteiger partial charge on any atom is -0.425 e. The number of nitriles is 1. The maximum absolute atomic E-state index is 13.8. The van der Waals surface area contributed by atoms with Crippen molar-refractivity contribution in [2.75, 3.05) is 37.7 Å². The lowest BCUT2D eigenvalue weighted by atomic mass is 10.1. The lowest BCUT2D eigenvalue weighted by Gasteiger charge is -2.29. The molecule has 0 bridgehead atoms. The Balaban J connectivity index is 1.39. The molecule has 1 aromatic carbocycles. The van der Waals surface area contributed by atoms with E-state index in [9.17, 15) is 36.4 Å². The van der Waals surface area contributed by atoms with Gasteiger partial charge >= 0.3 is 12.3 Å². The zero-order valence-electron chi connectivity index (χ0n) is 20.7. The number of anilines is 1. The summed E-state index contributed by atoms with van der Waals surface area (Å²) in [7, 11) is -4.25. The maximum Gasteiger partial charge on any atom is 0.410 e. The number of ether oxygens (including phenoxy) is 2. The average Bonchev–Trinajstić information content (AvgIpc) is 3.81. The molecule has 1 aromatic rings. The normalized spacial score (nSPS) is 25.5. The van der Waals surface area contributed by atoms with Crippen LogP contribution in [-0.2, 0) is 24.1 Å². The zero-order valence-corrected chi connectivity index (χ0v) is 22.2. The SMILES string of the molecule is N#CC1(NC(=O)O[C@@H]2C[C@@H](S(=O)(=O)c3ccc(N4CCOCC4)cc3Cl)CN2C(=O)C2(C(F)(F)F)CC2)CC1. The number of morpholine rings is 1. The minimum absolute atomic E-state index is 0.0716. The molecule has 0 unspecified atom stereocenters. The molecule has 2 aliphatic heterocycles. The molecule has 2 saturated heterocycles. The van der Waals surface area contributed by atoms with Gasteiger partial charge in [-0.05, 0) is 43.9 Å². The van der Waals surface area contributed by atoms with Crippen LogP contribution < -0.4 is 10.2 Å². The minimum atomic E-state index is -4.84. The Morgan fingerprint density at radius 1 is 1.18 bits per heavy atom. The van der Waals surface area contributed by atoms with Gasteiger partial charge in [-0.25, -0.2) is 13.2 Å². The summed E-state index contributed by atoms with van der Waals surface area (Å²) in [5.74, 6) is -1.33. The first-order chi connectivity index (χ1) is 18.3. The first-order valence-electron chi connectivity index (χ1n) is 12.5. The Labute approximate surface area is 227 Å². The summed E-state index contributed by atoms with van der Waals surface area (Å²) in [4.78, 5) is 28.0. The molecule has 2 atom stereocenters. The summed E-state index contributed by atoms with van der Waals surface area (Å²) in [6, 6.07) is 6.34. The molecule has 10 nitrogen and oxygen atoms in total. The van der Waals surface area contributed by atoms with Crippen molar-refractivity contribution >= 4 is 39.1 Å². The largest absolute Gasteiger partial charge is 0.425 e. The van der Waals surface area contributed by atoms with Crippen molar-refractivity contribution in [2.45, 2.75) is 60.2 Å². The van der Waals surface area contributed by atoms with Gasteiger partial charge in [0.1, 0.15) is 11.0 Å². The van der Waals surface area contributed by atoms with Crippen LogP contribution >= 0.6 is 11.6 Å². The lowest BCUT2D eigenvalue weighted by molar-refractivity contribution is -0.201. The molecule has 2 aliphatic carbocycles. The molecule has 39 heavy (non-hydrogen) atoms. The van der Waals surface area contributed by atoms with Crippen LogP contribution in [0.4, 0.5) is 23.7 Å². The smallest absolute Gasteiger partial charge is 0.410 e. The topological polar surface area (TPSA) is 129 Å². The van der Waals surface area contributed by atoms with E-state index < -0.39 is 76.3 Å². The van der Waals surface area contributed by atoms with E-state index in [0.717, 1.165) is 0 Å². The quantitative estimate of drug-likeness (QED) is 0.535. The standard InChI is InChI=1S/C24H26ClF3N4O6S/c25-17-11-15(31-7-9-37-10-8-31)1-2-18(17)39(35,36)16-12-19(38-21(34)30-22(14-29)3-4-22)32(13-16)20(33)23(5-6-23)24(26,27)28/h1-2,11,16,19H,3-10,12-13H2,(H,30,34)/t16-,19-/m1/s1. The predicted molar refractivity (Wildman–Crippen MR) is 130 cm³/mol. The number of sulfone groups is 1. The summed E-state index contributed by atoms with van der Waals surface area (Å²) in [6.07, 6.45) is -8.10. The van der Waals surface area contributed by atoms with Gasteiger partial charge in [-0.15, -0.1) is 0 Å². The Morgan fingerprint density at radius 3 is 2.38 bits per heavy atom. The van der Waals surface area contributed by atoms with E-state index in [1.807, 2.05) is 11.0 Å². The number of carbonyl (C=O) groups is 2. The number of alkyl halides is 3. The molecule has 4 aliphatic rings. The van der Waals surface area contributed by atoms with Gasteiger partial charge in [-0.2, -0.15) is 18.4 Å². The van der Waals surface area contributed by atoms with Gasteiger partial charge in [0.25, 0.3) is 0 Å². The number of benzene rings is 1. The van der Waals surface area contributed by atoms with Crippen molar-refractivity contribution in [3.63, 3.8) is 0 Å². The maximum atomic E-state index is 13.8. The first kappa shape index (κ1) is 27.8. The fourth-order valence-corrected chi connectivity index (χ4v) is 7.21. The highest BCUT2D eigenvalue weighted by Gasteiger charge is 2.70. The van der Waals surface area contributed by atoms with Crippen molar-refractivity contribution in [3.05, 3.63) is 23.2 Å². The van der Waals surface area contributed by atoms with Crippen molar-refractivity contribution in [1.82, 2.24) is 10.2 Å². The number of hydrogen-bond donors (Lipinski definition) is 1. The van der Waals surface area contributed by atoms with Crippen LogP contribution in [0.5, 0.6) is 0 Å². The van der Waals surface area contributed by atoms with Crippen LogP contribution in [0.15, 0.2) is 23.1 Å². The highest BCUT2D eigenvalue weighted by molar-refractivity contribution is 7.92. The molecular formula is C24H26ClF3N4O6S. The predicted octanol–water partition coefficient (Wildman–Crippen LogP) is 3.00. The molecular weight excluding hydrogens is 565 g/mol. The molecule has 0 aromatic heterocycles.